The fourth-order valence-corrected chi connectivity index (χ4v) is 4.99. The van der Waals surface area contributed by atoms with Crippen LogP contribution >= 0.6 is 0 Å². The van der Waals surface area contributed by atoms with Crippen molar-refractivity contribution in [3.63, 3.8) is 0 Å². The fraction of sp³-hybridized carbons (Fsp3) is 0.160. The molecule has 2 N–H and O–H groups in total. The summed E-state index contributed by atoms with van der Waals surface area (Å²) in [7, 11) is -3.76. The van der Waals surface area contributed by atoms with E-state index in [1.807, 2.05) is 24.3 Å². The molecule has 0 spiro atoms. The van der Waals surface area contributed by atoms with E-state index in [-0.39, 0.29) is 22.2 Å². The highest BCUT2D eigenvalue weighted by atomic mass is 32.2. The number of sulfone groups is 1. The molecule has 0 saturated carbocycles. The lowest BCUT2D eigenvalue weighted by Gasteiger charge is -2.19. The molecule has 10 heteroatoms. The van der Waals surface area contributed by atoms with Crippen LogP contribution in [0.15, 0.2) is 71.6 Å². The average Bonchev–Trinajstić information content (AvgIpc) is 2.84. The molecule has 35 heavy (non-hydrogen) atoms. The predicted molar refractivity (Wildman–Crippen MR) is 132 cm³/mol. The first-order valence-electron chi connectivity index (χ1n) is 10.9. The summed E-state index contributed by atoms with van der Waals surface area (Å²) in [6.07, 6.45) is 0. The van der Waals surface area contributed by atoms with E-state index in [2.05, 4.69) is 20.6 Å². The first-order chi connectivity index (χ1) is 16.9. The highest BCUT2D eigenvalue weighted by molar-refractivity contribution is 7.90. The van der Waals surface area contributed by atoms with Crippen molar-refractivity contribution in [3.8, 4) is 11.5 Å². The van der Waals surface area contributed by atoms with Crippen molar-refractivity contribution in [2.24, 2.45) is 0 Å². The predicted octanol–water partition coefficient (Wildman–Crippen LogP) is 4.08. The van der Waals surface area contributed by atoms with E-state index < -0.39 is 9.84 Å². The number of fused-ring (bicyclic) bond motifs is 2. The molecule has 0 atom stereocenters. The van der Waals surface area contributed by atoms with Crippen molar-refractivity contribution in [2.45, 2.75) is 17.6 Å². The maximum Gasteiger partial charge on any atom is 0.221 e. The lowest BCUT2D eigenvalue weighted by Crippen LogP contribution is -2.15. The number of nitrogens with zero attached hydrogens (tertiary/aromatic N) is 2. The van der Waals surface area contributed by atoms with E-state index in [1.165, 1.54) is 19.1 Å². The van der Waals surface area contributed by atoms with Gasteiger partial charge in [-0.25, -0.2) is 18.4 Å². The first kappa shape index (κ1) is 22.6. The van der Waals surface area contributed by atoms with Crippen LogP contribution in [0, 0.1) is 0 Å². The molecule has 178 valence electrons. The number of nitrogens with one attached hydrogen (secondary N) is 2. The van der Waals surface area contributed by atoms with Gasteiger partial charge in [0.05, 0.1) is 21.6 Å². The summed E-state index contributed by atoms with van der Waals surface area (Å²) >= 11 is 0. The second-order valence-corrected chi connectivity index (χ2v) is 9.95. The molecule has 5 rings (SSSR count). The molecule has 0 unspecified atom stereocenters. The van der Waals surface area contributed by atoms with Gasteiger partial charge in [0.1, 0.15) is 19.0 Å². The summed E-state index contributed by atoms with van der Waals surface area (Å²) in [6, 6.07) is 18.7. The third kappa shape index (κ3) is 5.02. The van der Waals surface area contributed by atoms with Crippen LogP contribution in [0.2, 0.25) is 0 Å². The largest absolute Gasteiger partial charge is 0.486 e. The van der Waals surface area contributed by atoms with Gasteiger partial charge in [-0.3, -0.25) is 4.79 Å². The number of benzene rings is 3. The number of amides is 1. The Balaban J connectivity index is 1.49. The number of para-hydroxylation sites is 2. The lowest BCUT2D eigenvalue weighted by atomic mass is 10.2. The summed E-state index contributed by atoms with van der Waals surface area (Å²) in [5, 5.41) is 5.82. The SMILES string of the molecule is CC(=O)Nc1ccc(S(=O)(=O)Cc2nc3ccccc3nc2Nc2ccc3c(c2)OCCO3)cc1. The van der Waals surface area contributed by atoms with Gasteiger partial charge in [-0.05, 0) is 48.5 Å². The monoisotopic (exact) mass is 490 g/mol. The van der Waals surface area contributed by atoms with Crippen LogP contribution in [0.25, 0.3) is 11.0 Å². The molecule has 2 heterocycles. The van der Waals surface area contributed by atoms with E-state index in [4.69, 9.17) is 9.47 Å². The minimum atomic E-state index is -3.76. The third-order valence-corrected chi connectivity index (χ3v) is 6.95. The Labute approximate surface area is 202 Å². The zero-order chi connectivity index (χ0) is 24.4. The topological polar surface area (TPSA) is 120 Å². The van der Waals surface area contributed by atoms with Crippen molar-refractivity contribution >= 4 is 44.0 Å². The van der Waals surface area contributed by atoms with E-state index >= 15 is 0 Å². The summed E-state index contributed by atoms with van der Waals surface area (Å²) in [6.45, 7) is 2.33. The number of rotatable bonds is 6. The van der Waals surface area contributed by atoms with Crippen molar-refractivity contribution in [1.29, 1.82) is 0 Å². The van der Waals surface area contributed by atoms with Gasteiger partial charge in [0.15, 0.2) is 27.2 Å². The summed E-state index contributed by atoms with van der Waals surface area (Å²) in [4.78, 5) is 20.6. The molecular weight excluding hydrogens is 468 g/mol. The molecule has 1 aliphatic rings. The van der Waals surface area contributed by atoms with E-state index in [0.717, 1.165) is 0 Å². The Bertz CT molecular complexity index is 1520. The molecule has 1 aliphatic heterocycles. The number of carbonyl (C=O) groups is 1. The highest BCUT2D eigenvalue weighted by Gasteiger charge is 2.21. The van der Waals surface area contributed by atoms with Crippen LogP contribution in [0.3, 0.4) is 0 Å². The normalized spacial score (nSPS) is 12.8. The maximum absolute atomic E-state index is 13.2. The van der Waals surface area contributed by atoms with Gasteiger partial charge >= 0.3 is 0 Å². The molecule has 1 amide bonds. The standard InChI is InChI=1S/C25H22N4O5S/c1-16(30)26-17-6-9-19(10-7-17)35(31,32)15-22-25(29-21-5-3-2-4-20(21)28-22)27-18-8-11-23-24(14-18)34-13-12-33-23/h2-11,14H,12-13,15H2,1H3,(H,26,30)(H,27,29). The van der Waals surface area contributed by atoms with Crippen LogP contribution < -0.4 is 20.1 Å². The Kier molecular flexibility index (Phi) is 5.96. The van der Waals surface area contributed by atoms with Crippen LogP contribution in [0.4, 0.5) is 17.2 Å². The van der Waals surface area contributed by atoms with Gasteiger partial charge in [0, 0.05) is 24.4 Å². The summed E-state index contributed by atoms with van der Waals surface area (Å²) < 4.78 is 37.7. The van der Waals surface area contributed by atoms with Crippen LogP contribution in [0.5, 0.6) is 11.5 Å². The van der Waals surface area contributed by atoms with E-state index in [9.17, 15) is 13.2 Å². The van der Waals surface area contributed by atoms with Gasteiger partial charge in [-0.1, -0.05) is 12.1 Å². The smallest absolute Gasteiger partial charge is 0.221 e. The van der Waals surface area contributed by atoms with Crippen LogP contribution in [0.1, 0.15) is 12.6 Å². The highest BCUT2D eigenvalue weighted by Crippen LogP contribution is 2.34. The van der Waals surface area contributed by atoms with Gasteiger partial charge in [0.2, 0.25) is 5.91 Å². The molecule has 1 aromatic heterocycles. The third-order valence-electron chi connectivity index (χ3n) is 5.31. The van der Waals surface area contributed by atoms with Crippen LogP contribution in [-0.4, -0.2) is 37.5 Å². The minimum absolute atomic E-state index is 0.117. The minimum Gasteiger partial charge on any atom is -0.486 e. The Morgan fingerprint density at radius 1 is 0.886 bits per heavy atom. The number of ether oxygens (including phenoxy) is 2. The van der Waals surface area contributed by atoms with Gasteiger partial charge in [-0.15, -0.1) is 0 Å². The zero-order valence-corrected chi connectivity index (χ0v) is 19.6. The average molecular weight is 491 g/mol. The first-order valence-corrected chi connectivity index (χ1v) is 12.6. The second-order valence-electron chi connectivity index (χ2n) is 7.96. The Morgan fingerprint density at radius 3 is 2.26 bits per heavy atom. The van der Waals surface area contributed by atoms with E-state index in [1.54, 1.807) is 30.3 Å². The maximum atomic E-state index is 13.2. The number of anilines is 3. The van der Waals surface area contributed by atoms with Gasteiger partial charge in [-0.2, -0.15) is 0 Å². The molecule has 0 fully saturated rings. The Morgan fingerprint density at radius 2 is 1.54 bits per heavy atom. The number of aromatic nitrogens is 2. The lowest BCUT2D eigenvalue weighted by molar-refractivity contribution is -0.114. The molecule has 0 radical (unpaired) electrons. The molecule has 0 bridgehead atoms. The number of carbonyl (C=O) groups excluding carboxylic acids is 1. The van der Waals surface area contributed by atoms with Crippen molar-refractivity contribution in [3.05, 3.63) is 72.4 Å². The van der Waals surface area contributed by atoms with E-state index in [0.29, 0.717) is 52.9 Å². The fourth-order valence-electron chi connectivity index (χ4n) is 3.71. The zero-order valence-electron chi connectivity index (χ0n) is 18.8. The Hall–Kier alpha value is -4.18. The molecular formula is C25H22N4O5S. The second kappa shape index (κ2) is 9.22. The van der Waals surface area contributed by atoms with Gasteiger partial charge < -0.3 is 20.1 Å². The van der Waals surface area contributed by atoms with Crippen LogP contribution in [-0.2, 0) is 20.4 Å². The molecule has 3 aromatic carbocycles. The summed E-state index contributed by atoms with van der Waals surface area (Å²) in [5.41, 5.74) is 2.68. The molecule has 4 aromatic rings. The van der Waals surface area contributed by atoms with Crippen molar-refractivity contribution in [1.82, 2.24) is 9.97 Å². The van der Waals surface area contributed by atoms with Gasteiger partial charge in [0.25, 0.3) is 0 Å². The molecule has 0 aliphatic carbocycles. The van der Waals surface area contributed by atoms with Crippen molar-refractivity contribution in [2.75, 3.05) is 23.8 Å². The molecule has 9 nitrogen and oxygen atoms in total. The number of hydrogen-bond donors (Lipinski definition) is 2. The quantitative estimate of drug-likeness (QED) is 0.415. The molecule has 0 saturated heterocycles. The number of hydrogen-bond acceptors (Lipinski definition) is 8. The van der Waals surface area contributed by atoms with Crippen molar-refractivity contribution < 1.29 is 22.7 Å². The summed E-state index contributed by atoms with van der Waals surface area (Å²) in [5.74, 6) is 0.984.